The van der Waals surface area contributed by atoms with Gasteiger partial charge in [0.15, 0.2) is 0 Å². The maximum absolute atomic E-state index is 5.80. The van der Waals surface area contributed by atoms with Gasteiger partial charge >= 0.3 is 0 Å². The average molecular weight is 210 g/mol. The minimum atomic E-state index is 0.496. The topological polar surface area (TPSA) is 26.0 Å². The van der Waals surface area contributed by atoms with E-state index in [9.17, 15) is 0 Å². The number of hydrogen-bond donors (Lipinski definition) is 1. The van der Waals surface area contributed by atoms with Gasteiger partial charge in [-0.2, -0.15) is 0 Å². The Labute approximate surface area is 90.6 Å². The molecule has 1 rings (SSSR count). The predicted octanol–water partition coefficient (Wildman–Crippen LogP) is 3.34. The van der Waals surface area contributed by atoms with E-state index < -0.39 is 0 Å². The molecular weight excluding hydrogens is 194 g/mol. The Morgan fingerprint density at radius 2 is 1.93 bits per heavy atom. The third-order valence-corrected chi connectivity index (χ3v) is 2.45. The van der Waals surface area contributed by atoms with Crippen LogP contribution in [0, 0.1) is 5.92 Å². The SMILES string of the molecule is CC(C)C(=Cc1ccc(Cl)cc1)CN. The van der Waals surface area contributed by atoms with Crippen LogP contribution in [0.1, 0.15) is 19.4 Å². The maximum atomic E-state index is 5.80. The standard InChI is InChI=1S/C12H16ClN/c1-9(2)11(8-14)7-10-3-5-12(13)6-4-10/h3-7,9H,8,14H2,1-2H3. The highest BCUT2D eigenvalue weighted by Crippen LogP contribution is 2.15. The fourth-order valence-corrected chi connectivity index (χ4v) is 1.36. The molecule has 0 spiro atoms. The van der Waals surface area contributed by atoms with Crippen LogP contribution in [0.5, 0.6) is 0 Å². The Hall–Kier alpha value is -0.790. The lowest BCUT2D eigenvalue weighted by Gasteiger charge is -2.08. The third kappa shape index (κ3) is 3.17. The Bertz CT molecular complexity index is 312. The molecule has 0 amide bonds. The van der Waals surface area contributed by atoms with Gasteiger partial charge < -0.3 is 5.73 Å². The summed E-state index contributed by atoms with van der Waals surface area (Å²) in [6.07, 6.45) is 2.13. The normalized spacial score (nSPS) is 12.2. The molecule has 0 aliphatic heterocycles. The van der Waals surface area contributed by atoms with E-state index in [4.69, 9.17) is 17.3 Å². The van der Waals surface area contributed by atoms with Crippen LogP contribution in [0.25, 0.3) is 6.08 Å². The summed E-state index contributed by atoms with van der Waals surface area (Å²) in [6, 6.07) is 7.78. The van der Waals surface area contributed by atoms with Gasteiger partial charge in [-0.1, -0.05) is 49.2 Å². The fourth-order valence-electron chi connectivity index (χ4n) is 1.23. The second-order valence-electron chi connectivity index (χ2n) is 3.63. The number of halogens is 1. The molecule has 0 saturated carbocycles. The molecule has 76 valence electrons. The Morgan fingerprint density at radius 1 is 1.36 bits per heavy atom. The van der Waals surface area contributed by atoms with E-state index in [1.54, 1.807) is 0 Å². The molecule has 0 saturated heterocycles. The van der Waals surface area contributed by atoms with Crippen molar-refractivity contribution in [2.75, 3.05) is 6.54 Å². The van der Waals surface area contributed by atoms with Crippen molar-refractivity contribution in [2.24, 2.45) is 11.7 Å². The lowest BCUT2D eigenvalue weighted by molar-refractivity contribution is 0.753. The lowest BCUT2D eigenvalue weighted by Crippen LogP contribution is -2.08. The summed E-state index contributed by atoms with van der Waals surface area (Å²) < 4.78 is 0. The molecule has 0 radical (unpaired) electrons. The van der Waals surface area contributed by atoms with E-state index in [1.165, 1.54) is 5.57 Å². The highest BCUT2D eigenvalue weighted by Gasteiger charge is 2.00. The van der Waals surface area contributed by atoms with Gasteiger partial charge in [0.25, 0.3) is 0 Å². The Morgan fingerprint density at radius 3 is 2.36 bits per heavy atom. The van der Waals surface area contributed by atoms with Gasteiger partial charge in [-0.05, 0) is 23.6 Å². The van der Waals surface area contributed by atoms with Crippen LogP contribution in [0.3, 0.4) is 0 Å². The summed E-state index contributed by atoms with van der Waals surface area (Å²) in [5, 5.41) is 0.765. The van der Waals surface area contributed by atoms with Crippen molar-refractivity contribution >= 4 is 17.7 Å². The summed E-state index contributed by atoms with van der Waals surface area (Å²) in [7, 11) is 0. The van der Waals surface area contributed by atoms with Crippen LogP contribution < -0.4 is 5.73 Å². The van der Waals surface area contributed by atoms with Crippen LogP contribution >= 0.6 is 11.6 Å². The second-order valence-corrected chi connectivity index (χ2v) is 4.07. The van der Waals surface area contributed by atoms with Crippen molar-refractivity contribution in [2.45, 2.75) is 13.8 Å². The van der Waals surface area contributed by atoms with Gasteiger partial charge in [0.1, 0.15) is 0 Å². The quantitative estimate of drug-likeness (QED) is 0.812. The number of benzene rings is 1. The summed E-state index contributed by atoms with van der Waals surface area (Å²) in [6.45, 7) is 4.91. The molecule has 0 aliphatic rings. The molecule has 0 atom stereocenters. The highest BCUT2D eigenvalue weighted by atomic mass is 35.5. The smallest absolute Gasteiger partial charge is 0.0406 e. The minimum absolute atomic E-state index is 0.496. The Balaban J connectivity index is 2.89. The first-order chi connectivity index (χ1) is 6.63. The van der Waals surface area contributed by atoms with Crippen LogP contribution in [-0.2, 0) is 0 Å². The molecule has 14 heavy (non-hydrogen) atoms. The van der Waals surface area contributed by atoms with E-state index in [1.807, 2.05) is 24.3 Å². The molecule has 0 aromatic heterocycles. The summed E-state index contributed by atoms with van der Waals surface area (Å²) >= 11 is 5.80. The maximum Gasteiger partial charge on any atom is 0.0406 e. The van der Waals surface area contributed by atoms with Crippen LogP contribution in [0.15, 0.2) is 29.8 Å². The summed E-state index contributed by atoms with van der Waals surface area (Å²) in [5.41, 5.74) is 8.07. The monoisotopic (exact) mass is 209 g/mol. The zero-order chi connectivity index (χ0) is 10.6. The van der Waals surface area contributed by atoms with Crippen LogP contribution in [0.4, 0.5) is 0 Å². The first-order valence-corrected chi connectivity index (χ1v) is 5.17. The molecule has 0 unspecified atom stereocenters. The van der Waals surface area contributed by atoms with Gasteiger partial charge in [-0.3, -0.25) is 0 Å². The molecule has 0 aliphatic carbocycles. The highest BCUT2D eigenvalue weighted by molar-refractivity contribution is 6.30. The van der Waals surface area contributed by atoms with Crippen molar-refractivity contribution in [1.82, 2.24) is 0 Å². The first kappa shape index (κ1) is 11.3. The molecule has 1 nitrogen and oxygen atoms in total. The van der Waals surface area contributed by atoms with Crippen LogP contribution in [-0.4, -0.2) is 6.54 Å². The lowest BCUT2D eigenvalue weighted by atomic mass is 10.0. The van der Waals surface area contributed by atoms with E-state index in [-0.39, 0.29) is 0 Å². The van der Waals surface area contributed by atoms with Gasteiger partial charge in [-0.25, -0.2) is 0 Å². The fraction of sp³-hybridized carbons (Fsp3) is 0.333. The van der Waals surface area contributed by atoms with Crippen LogP contribution in [0.2, 0.25) is 5.02 Å². The molecule has 0 heterocycles. The van der Waals surface area contributed by atoms with Crippen molar-refractivity contribution in [1.29, 1.82) is 0 Å². The van der Waals surface area contributed by atoms with Crippen molar-refractivity contribution in [3.8, 4) is 0 Å². The van der Waals surface area contributed by atoms with Gasteiger partial charge in [0.2, 0.25) is 0 Å². The molecule has 2 N–H and O–H groups in total. The summed E-state index contributed by atoms with van der Waals surface area (Å²) in [5.74, 6) is 0.496. The molecule has 0 bridgehead atoms. The van der Waals surface area contributed by atoms with Gasteiger partial charge in [-0.15, -0.1) is 0 Å². The number of nitrogens with two attached hydrogens (primary N) is 1. The number of hydrogen-bond acceptors (Lipinski definition) is 1. The van der Waals surface area contributed by atoms with Gasteiger partial charge in [0.05, 0.1) is 0 Å². The Kier molecular flexibility index (Phi) is 4.18. The van der Waals surface area contributed by atoms with E-state index in [0.29, 0.717) is 12.5 Å². The van der Waals surface area contributed by atoms with Crippen molar-refractivity contribution < 1.29 is 0 Å². The molecule has 1 aromatic rings. The molecule has 1 aromatic carbocycles. The molecule has 2 heteroatoms. The summed E-state index contributed by atoms with van der Waals surface area (Å²) in [4.78, 5) is 0. The van der Waals surface area contributed by atoms with E-state index in [2.05, 4.69) is 19.9 Å². The van der Waals surface area contributed by atoms with E-state index >= 15 is 0 Å². The molecule has 0 fully saturated rings. The zero-order valence-electron chi connectivity index (χ0n) is 8.63. The predicted molar refractivity (Wildman–Crippen MR) is 63.3 cm³/mol. The van der Waals surface area contributed by atoms with Gasteiger partial charge in [0, 0.05) is 11.6 Å². The average Bonchev–Trinajstić information content (AvgIpc) is 2.16. The zero-order valence-corrected chi connectivity index (χ0v) is 9.38. The number of rotatable bonds is 3. The third-order valence-electron chi connectivity index (χ3n) is 2.20. The first-order valence-electron chi connectivity index (χ1n) is 4.79. The minimum Gasteiger partial charge on any atom is -0.327 e. The largest absolute Gasteiger partial charge is 0.327 e. The molecular formula is C12H16ClN. The van der Waals surface area contributed by atoms with Crippen molar-refractivity contribution in [3.05, 3.63) is 40.4 Å². The second kappa shape index (κ2) is 5.18. The van der Waals surface area contributed by atoms with Crippen molar-refractivity contribution in [3.63, 3.8) is 0 Å². The van der Waals surface area contributed by atoms with E-state index in [0.717, 1.165) is 10.6 Å².